The van der Waals surface area contributed by atoms with Crippen molar-refractivity contribution in [1.29, 1.82) is 0 Å². The van der Waals surface area contributed by atoms with Crippen molar-refractivity contribution in [2.45, 2.75) is 12.5 Å². The van der Waals surface area contributed by atoms with Crippen molar-refractivity contribution in [2.24, 2.45) is 0 Å². The van der Waals surface area contributed by atoms with Gasteiger partial charge in [-0.25, -0.2) is 0 Å². The fourth-order valence-electron chi connectivity index (χ4n) is 1.37. The van der Waals surface area contributed by atoms with Crippen LogP contribution in [0.1, 0.15) is 12.0 Å². The number of benzene rings is 1. The van der Waals surface area contributed by atoms with Crippen molar-refractivity contribution in [3.8, 4) is 0 Å². The molecule has 1 saturated heterocycles. The Labute approximate surface area is 102 Å². The molecule has 2 rings (SSSR count). The van der Waals surface area contributed by atoms with E-state index in [1.54, 1.807) is 0 Å². The summed E-state index contributed by atoms with van der Waals surface area (Å²) in [7, 11) is 0. The molecule has 0 aromatic heterocycles. The van der Waals surface area contributed by atoms with E-state index < -0.39 is 11.4 Å². The summed E-state index contributed by atoms with van der Waals surface area (Å²) in [6.45, 7) is 0.456. The maximum atomic E-state index is 11.0. The second kappa shape index (κ2) is 5.59. The van der Waals surface area contributed by atoms with E-state index in [1.807, 2.05) is 36.4 Å². The van der Waals surface area contributed by atoms with E-state index in [0.29, 0.717) is 18.1 Å². The minimum atomic E-state index is -1.61. The van der Waals surface area contributed by atoms with Crippen molar-refractivity contribution in [3.63, 3.8) is 0 Å². The predicted molar refractivity (Wildman–Crippen MR) is 64.1 cm³/mol. The fourth-order valence-corrected chi connectivity index (χ4v) is 2.21. The number of rotatable bonds is 2. The summed E-state index contributed by atoms with van der Waals surface area (Å²) in [5, 5.41) is 0.693. The van der Waals surface area contributed by atoms with E-state index in [0.717, 1.165) is 5.56 Å². The van der Waals surface area contributed by atoms with Crippen LogP contribution < -0.4 is 0 Å². The highest BCUT2D eigenvalue weighted by Gasteiger charge is 2.17. The highest BCUT2D eigenvalue weighted by molar-refractivity contribution is 7.75. The van der Waals surface area contributed by atoms with Crippen LogP contribution in [0.3, 0.4) is 0 Å². The highest BCUT2D eigenvalue weighted by Crippen LogP contribution is 2.15. The number of hydrogen-bond acceptors (Lipinski definition) is 3. The van der Waals surface area contributed by atoms with Crippen molar-refractivity contribution >= 4 is 29.0 Å². The van der Waals surface area contributed by atoms with Crippen molar-refractivity contribution < 1.29 is 12.6 Å². The fraction of sp³-hybridized carbons (Fsp3) is 0.273. The van der Waals surface area contributed by atoms with Crippen molar-refractivity contribution in [3.05, 3.63) is 40.9 Å². The molecule has 1 aromatic carbocycles. The van der Waals surface area contributed by atoms with Crippen LogP contribution in [-0.2, 0) is 19.7 Å². The Bertz CT molecular complexity index is 419. The van der Waals surface area contributed by atoms with Gasteiger partial charge in [-0.05, 0) is 17.7 Å². The Kier molecular flexibility index (Phi) is 4.12. The maximum Gasteiger partial charge on any atom is 0.305 e. The van der Waals surface area contributed by atoms with E-state index in [1.165, 1.54) is 0 Å². The molecule has 0 saturated carbocycles. The van der Waals surface area contributed by atoms with Gasteiger partial charge in [0, 0.05) is 11.4 Å². The number of halogens is 1. The van der Waals surface area contributed by atoms with Crippen LogP contribution in [0.5, 0.6) is 0 Å². The summed E-state index contributed by atoms with van der Waals surface area (Å²) in [4.78, 5) is 0. The molecule has 2 unspecified atom stereocenters. The van der Waals surface area contributed by atoms with Gasteiger partial charge in [0.15, 0.2) is 0 Å². The lowest BCUT2D eigenvalue weighted by atomic mass is 10.1. The zero-order valence-electron chi connectivity index (χ0n) is 8.47. The molecule has 0 aliphatic carbocycles. The summed E-state index contributed by atoms with van der Waals surface area (Å²) >= 11 is 4.25. The SMILES string of the molecule is O=S1OCCC(/C=C/c2cccc(Cl)c2)O1. The van der Waals surface area contributed by atoms with Gasteiger partial charge in [-0.2, -0.15) is 4.21 Å². The van der Waals surface area contributed by atoms with Gasteiger partial charge in [-0.15, -0.1) is 0 Å². The van der Waals surface area contributed by atoms with E-state index in [9.17, 15) is 4.21 Å². The Hall–Kier alpha value is -0.680. The molecule has 0 N–H and O–H groups in total. The molecule has 86 valence electrons. The Morgan fingerprint density at radius 2 is 2.38 bits per heavy atom. The van der Waals surface area contributed by atoms with E-state index in [-0.39, 0.29) is 6.10 Å². The largest absolute Gasteiger partial charge is 0.305 e. The lowest BCUT2D eigenvalue weighted by Crippen LogP contribution is -2.22. The zero-order valence-corrected chi connectivity index (χ0v) is 10.0. The molecule has 0 spiro atoms. The first-order valence-corrected chi connectivity index (χ1v) is 6.28. The second-order valence-corrected chi connectivity index (χ2v) is 4.64. The third-order valence-electron chi connectivity index (χ3n) is 2.14. The third-order valence-corrected chi connectivity index (χ3v) is 3.13. The lowest BCUT2D eigenvalue weighted by Gasteiger charge is -2.17. The van der Waals surface area contributed by atoms with E-state index in [2.05, 4.69) is 0 Å². The van der Waals surface area contributed by atoms with Crippen LogP contribution in [0.15, 0.2) is 30.3 Å². The minimum absolute atomic E-state index is 0.159. The second-order valence-electron chi connectivity index (χ2n) is 3.36. The Balaban J connectivity index is 2.00. The first-order chi connectivity index (χ1) is 7.74. The molecule has 5 heteroatoms. The molecule has 1 aromatic rings. The average molecular weight is 259 g/mol. The molecule has 16 heavy (non-hydrogen) atoms. The first-order valence-electron chi connectivity index (χ1n) is 4.90. The molecule has 1 aliphatic heterocycles. The molecular weight excluding hydrogens is 248 g/mol. The van der Waals surface area contributed by atoms with Crippen LogP contribution in [-0.4, -0.2) is 16.9 Å². The predicted octanol–water partition coefficient (Wildman–Crippen LogP) is 2.74. The van der Waals surface area contributed by atoms with Gasteiger partial charge in [0.25, 0.3) is 0 Å². The normalized spacial score (nSPS) is 26.1. The molecule has 1 heterocycles. The van der Waals surface area contributed by atoms with Gasteiger partial charge in [0.1, 0.15) is 0 Å². The van der Waals surface area contributed by atoms with Gasteiger partial charge in [-0.1, -0.05) is 35.9 Å². The molecular formula is C11H11ClO3S. The summed E-state index contributed by atoms with van der Waals surface area (Å²) in [6.07, 6.45) is 4.32. The van der Waals surface area contributed by atoms with Gasteiger partial charge >= 0.3 is 11.4 Å². The van der Waals surface area contributed by atoms with E-state index in [4.69, 9.17) is 20.0 Å². The van der Waals surface area contributed by atoms with Crippen LogP contribution in [0.4, 0.5) is 0 Å². The molecule has 1 fully saturated rings. The smallest absolute Gasteiger partial charge is 0.268 e. The lowest BCUT2D eigenvalue weighted by molar-refractivity contribution is 0.143. The molecule has 0 amide bonds. The van der Waals surface area contributed by atoms with Gasteiger partial charge in [-0.3, -0.25) is 8.37 Å². The van der Waals surface area contributed by atoms with Gasteiger partial charge in [0.2, 0.25) is 0 Å². The van der Waals surface area contributed by atoms with Gasteiger partial charge in [0.05, 0.1) is 12.7 Å². The summed E-state index contributed by atoms with van der Waals surface area (Å²) in [6, 6.07) is 7.50. The molecule has 0 bridgehead atoms. The zero-order chi connectivity index (χ0) is 11.4. The van der Waals surface area contributed by atoms with Crippen LogP contribution in [0, 0.1) is 0 Å². The van der Waals surface area contributed by atoms with Crippen LogP contribution >= 0.6 is 11.6 Å². The Morgan fingerprint density at radius 3 is 3.12 bits per heavy atom. The highest BCUT2D eigenvalue weighted by atomic mass is 35.5. The minimum Gasteiger partial charge on any atom is -0.268 e. The van der Waals surface area contributed by atoms with Gasteiger partial charge < -0.3 is 0 Å². The molecule has 2 atom stereocenters. The maximum absolute atomic E-state index is 11.0. The third kappa shape index (κ3) is 3.42. The summed E-state index contributed by atoms with van der Waals surface area (Å²) < 4.78 is 20.8. The summed E-state index contributed by atoms with van der Waals surface area (Å²) in [5.41, 5.74) is 0.994. The van der Waals surface area contributed by atoms with E-state index >= 15 is 0 Å². The first kappa shape index (κ1) is 11.8. The van der Waals surface area contributed by atoms with Crippen molar-refractivity contribution in [1.82, 2.24) is 0 Å². The number of hydrogen-bond donors (Lipinski definition) is 0. The molecule has 0 radical (unpaired) electrons. The standard InChI is InChI=1S/C11H11ClO3S/c12-10-3-1-2-9(8-10)4-5-11-6-7-14-16(13)15-11/h1-5,8,11H,6-7H2/b5-4+. The quantitative estimate of drug-likeness (QED) is 0.818. The monoisotopic (exact) mass is 258 g/mol. The molecule has 1 aliphatic rings. The average Bonchev–Trinajstić information content (AvgIpc) is 2.27. The van der Waals surface area contributed by atoms with Crippen LogP contribution in [0.25, 0.3) is 6.08 Å². The van der Waals surface area contributed by atoms with Crippen LogP contribution in [0.2, 0.25) is 5.02 Å². The topological polar surface area (TPSA) is 35.5 Å². The van der Waals surface area contributed by atoms with Crippen molar-refractivity contribution in [2.75, 3.05) is 6.61 Å². The molecule has 3 nitrogen and oxygen atoms in total. The Morgan fingerprint density at radius 1 is 1.50 bits per heavy atom. The summed E-state index contributed by atoms with van der Waals surface area (Å²) in [5.74, 6) is 0.